The molecule has 2 atom stereocenters. The highest BCUT2D eigenvalue weighted by molar-refractivity contribution is 5.89. The van der Waals surface area contributed by atoms with Gasteiger partial charge < -0.3 is 4.74 Å². The molecular weight excluding hydrogens is 395 g/mol. The van der Waals surface area contributed by atoms with Crippen LogP contribution in [0.25, 0.3) is 0 Å². The van der Waals surface area contributed by atoms with Gasteiger partial charge in [-0.3, -0.25) is 4.68 Å². The van der Waals surface area contributed by atoms with Crippen LogP contribution in [-0.2, 0) is 17.7 Å². The molecule has 0 bridgehead atoms. The van der Waals surface area contributed by atoms with Crippen molar-refractivity contribution < 1.29 is 31.5 Å². The topological polar surface area (TPSA) is 44.1 Å². The molecule has 0 N–H and O–H groups in total. The van der Waals surface area contributed by atoms with Crippen molar-refractivity contribution in [2.45, 2.75) is 57.9 Å². The van der Waals surface area contributed by atoms with Crippen molar-refractivity contribution in [3.63, 3.8) is 0 Å². The van der Waals surface area contributed by atoms with Crippen LogP contribution in [0.1, 0.15) is 53.2 Å². The zero-order chi connectivity index (χ0) is 21.4. The standard InChI is InChI=1S/C20H21F5N2O2/c1-12(20(23,24)25)9-11-27-15-8-10-19(21,22)17(16(15)13(2)26-27)29-18(28)14-6-4-3-5-7-14/h3-7,12,17H,8-11H2,1-2H3/t12?,17-/m0/s1. The Morgan fingerprint density at radius 1 is 1.31 bits per heavy atom. The van der Waals surface area contributed by atoms with E-state index in [0.29, 0.717) is 5.69 Å². The minimum atomic E-state index is -4.33. The number of halogens is 5. The van der Waals surface area contributed by atoms with Crippen molar-refractivity contribution in [3.8, 4) is 0 Å². The molecule has 9 heteroatoms. The van der Waals surface area contributed by atoms with Gasteiger partial charge in [-0.25, -0.2) is 13.6 Å². The van der Waals surface area contributed by atoms with Crippen LogP contribution in [0.2, 0.25) is 0 Å². The van der Waals surface area contributed by atoms with Gasteiger partial charge in [0.2, 0.25) is 0 Å². The lowest BCUT2D eigenvalue weighted by atomic mass is 9.89. The quantitative estimate of drug-likeness (QED) is 0.493. The van der Waals surface area contributed by atoms with E-state index in [1.54, 1.807) is 18.2 Å². The molecule has 1 aromatic heterocycles. The summed E-state index contributed by atoms with van der Waals surface area (Å²) in [5.74, 6) is -5.73. The number of carbonyl (C=O) groups excluding carboxylic acids is 1. The minimum Gasteiger partial charge on any atom is -0.447 e. The molecule has 158 valence electrons. The molecule has 1 aliphatic carbocycles. The first-order valence-electron chi connectivity index (χ1n) is 9.27. The number of nitrogens with zero attached hydrogens (tertiary/aromatic N) is 2. The van der Waals surface area contributed by atoms with Crippen molar-refractivity contribution in [2.75, 3.05) is 0 Å². The maximum atomic E-state index is 14.6. The largest absolute Gasteiger partial charge is 0.447 e. The lowest BCUT2D eigenvalue weighted by molar-refractivity contribution is -0.171. The fourth-order valence-corrected chi connectivity index (χ4v) is 3.43. The monoisotopic (exact) mass is 416 g/mol. The van der Waals surface area contributed by atoms with Crippen LogP contribution < -0.4 is 0 Å². The molecule has 0 saturated heterocycles. The Balaban J connectivity index is 1.87. The lowest BCUT2D eigenvalue weighted by Crippen LogP contribution is -2.36. The number of esters is 1. The summed E-state index contributed by atoms with van der Waals surface area (Å²) < 4.78 is 74.1. The van der Waals surface area contributed by atoms with E-state index in [9.17, 15) is 26.7 Å². The first-order valence-corrected chi connectivity index (χ1v) is 9.27. The summed E-state index contributed by atoms with van der Waals surface area (Å²) in [5, 5.41) is 4.17. The van der Waals surface area contributed by atoms with Crippen molar-refractivity contribution in [1.29, 1.82) is 0 Å². The molecule has 0 amide bonds. The van der Waals surface area contributed by atoms with Crippen LogP contribution in [-0.4, -0.2) is 27.8 Å². The van der Waals surface area contributed by atoms with Gasteiger partial charge in [0.25, 0.3) is 5.92 Å². The molecule has 1 aliphatic rings. The average Bonchev–Trinajstić information content (AvgIpc) is 2.97. The third-order valence-electron chi connectivity index (χ3n) is 5.19. The highest BCUT2D eigenvalue weighted by atomic mass is 19.4. The molecule has 0 aliphatic heterocycles. The van der Waals surface area contributed by atoms with Crippen molar-refractivity contribution >= 4 is 5.97 Å². The fourth-order valence-electron chi connectivity index (χ4n) is 3.43. The number of aromatic nitrogens is 2. The third-order valence-corrected chi connectivity index (χ3v) is 5.19. The van der Waals surface area contributed by atoms with E-state index in [1.165, 1.54) is 23.7 Å². The van der Waals surface area contributed by atoms with Crippen LogP contribution in [0.4, 0.5) is 22.0 Å². The van der Waals surface area contributed by atoms with E-state index in [2.05, 4.69) is 5.10 Å². The van der Waals surface area contributed by atoms with Gasteiger partial charge in [-0.2, -0.15) is 18.3 Å². The molecule has 3 rings (SSSR count). The van der Waals surface area contributed by atoms with Crippen LogP contribution in [0, 0.1) is 12.8 Å². The van der Waals surface area contributed by atoms with E-state index in [0.717, 1.165) is 6.92 Å². The highest BCUT2D eigenvalue weighted by Crippen LogP contribution is 2.45. The zero-order valence-corrected chi connectivity index (χ0v) is 16.0. The van der Waals surface area contributed by atoms with Gasteiger partial charge in [0.15, 0.2) is 6.10 Å². The average molecular weight is 416 g/mol. The van der Waals surface area contributed by atoms with Crippen molar-refractivity contribution in [2.24, 2.45) is 5.92 Å². The summed E-state index contributed by atoms with van der Waals surface area (Å²) in [5.41, 5.74) is 0.850. The highest BCUT2D eigenvalue weighted by Gasteiger charge is 2.50. The van der Waals surface area contributed by atoms with Crippen molar-refractivity contribution in [1.82, 2.24) is 9.78 Å². The number of ether oxygens (including phenoxy) is 1. The van der Waals surface area contributed by atoms with Crippen molar-refractivity contribution in [3.05, 3.63) is 52.8 Å². The summed E-state index contributed by atoms with van der Waals surface area (Å²) in [7, 11) is 0. The number of rotatable bonds is 5. The summed E-state index contributed by atoms with van der Waals surface area (Å²) >= 11 is 0. The van der Waals surface area contributed by atoms with Crippen LogP contribution in [0.15, 0.2) is 30.3 Å². The molecular formula is C20H21F5N2O2. The summed E-state index contributed by atoms with van der Waals surface area (Å²) in [6.45, 7) is 2.51. The zero-order valence-electron chi connectivity index (χ0n) is 16.0. The van der Waals surface area contributed by atoms with Gasteiger partial charge in [0.1, 0.15) is 0 Å². The van der Waals surface area contributed by atoms with Crippen LogP contribution >= 0.6 is 0 Å². The fraction of sp³-hybridized carbons (Fsp3) is 0.500. The van der Waals surface area contributed by atoms with Crippen LogP contribution in [0.3, 0.4) is 0 Å². The normalized spacial score (nSPS) is 19.5. The number of carbonyl (C=O) groups is 1. The van der Waals surface area contributed by atoms with Gasteiger partial charge in [-0.1, -0.05) is 25.1 Å². The second-order valence-electron chi connectivity index (χ2n) is 7.31. The van der Waals surface area contributed by atoms with Gasteiger partial charge in [0.05, 0.1) is 17.2 Å². The van der Waals surface area contributed by atoms with E-state index < -0.39 is 36.5 Å². The molecule has 1 unspecified atom stereocenters. The number of hydrogen-bond acceptors (Lipinski definition) is 3. The molecule has 0 radical (unpaired) electrons. The van der Waals surface area contributed by atoms with Gasteiger partial charge in [-0.15, -0.1) is 0 Å². The molecule has 2 aromatic rings. The number of aryl methyl sites for hydroxylation is 2. The Hall–Kier alpha value is -2.45. The molecule has 4 nitrogen and oxygen atoms in total. The summed E-state index contributed by atoms with van der Waals surface area (Å²) in [4.78, 5) is 12.3. The Labute approximate surface area is 164 Å². The maximum absolute atomic E-state index is 14.6. The van der Waals surface area contributed by atoms with Crippen LogP contribution in [0.5, 0.6) is 0 Å². The minimum absolute atomic E-state index is 0.0526. The van der Waals surface area contributed by atoms with E-state index in [-0.39, 0.29) is 36.2 Å². The number of alkyl halides is 5. The second-order valence-corrected chi connectivity index (χ2v) is 7.31. The predicted octanol–water partition coefficient (Wildman–Crippen LogP) is 5.26. The van der Waals surface area contributed by atoms with Gasteiger partial charge >= 0.3 is 12.1 Å². The Morgan fingerprint density at radius 2 is 1.97 bits per heavy atom. The number of fused-ring (bicyclic) bond motifs is 1. The van der Waals surface area contributed by atoms with E-state index >= 15 is 0 Å². The molecule has 0 spiro atoms. The summed E-state index contributed by atoms with van der Waals surface area (Å²) in [6.07, 6.45) is -7.01. The van der Waals surface area contributed by atoms with Gasteiger partial charge in [-0.05, 0) is 31.9 Å². The molecule has 1 heterocycles. The predicted molar refractivity (Wildman–Crippen MR) is 94.7 cm³/mol. The molecule has 29 heavy (non-hydrogen) atoms. The number of hydrogen-bond donors (Lipinski definition) is 0. The first-order chi connectivity index (χ1) is 13.5. The summed E-state index contributed by atoms with van der Waals surface area (Å²) in [6, 6.07) is 7.77. The molecule has 0 fully saturated rings. The number of benzene rings is 1. The Kier molecular flexibility index (Phi) is 5.69. The van der Waals surface area contributed by atoms with E-state index in [4.69, 9.17) is 4.74 Å². The second kappa shape index (κ2) is 7.76. The SMILES string of the molecule is Cc1nn(CCC(C)C(F)(F)F)c2c1[C@H](OC(=O)c1ccccc1)C(F)(F)CC2. The molecule has 0 saturated carbocycles. The molecule has 1 aromatic carbocycles. The van der Waals surface area contributed by atoms with E-state index in [1.807, 2.05) is 0 Å². The lowest BCUT2D eigenvalue weighted by Gasteiger charge is -2.31. The van der Waals surface area contributed by atoms with Gasteiger partial charge in [0, 0.05) is 24.2 Å². The third kappa shape index (κ3) is 4.43. The Morgan fingerprint density at radius 3 is 2.59 bits per heavy atom. The first kappa shape index (κ1) is 21.3. The Bertz CT molecular complexity index is 877. The maximum Gasteiger partial charge on any atom is 0.391 e. The smallest absolute Gasteiger partial charge is 0.391 e.